The molecule has 0 spiro atoms. The van der Waals surface area contributed by atoms with Gasteiger partial charge in [0.05, 0.1) is 0 Å². The van der Waals surface area contributed by atoms with E-state index in [-0.39, 0.29) is 7.92 Å². The molecular weight excluding hydrogens is 194 g/mol. The van der Waals surface area contributed by atoms with Crippen molar-refractivity contribution < 1.29 is 4.39 Å². The fourth-order valence-corrected chi connectivity index (χ4v) is 4.39. The second-order valence-corrected chi connectivity index (χ2v) is 6.60. The van der Waals surface area contributed by atoms with Crippen LogP contribution in [-0.4, -0.2) is 18.2 Å². The van der Waals surface area contributed by atoms with Crippen LogP contribution in [0.15, 0.2) is 0 Å². The van der Waals surface area contributed by atoms with Gasteiger partial charge in [0.15, 0.2) is 0 Å². The average molecular weight is 220 g/mol. The molecule has 0 aromatic rings. The Morgan fingerprint density at radius 2 is 1.43 bits per heavy atom. The van der Waals surface area contributed by atoms with E-state index in [1.165, 1.54) is 25.7 Å². The molecule has 0 aromatic heterocycles. The van der Waals surface area contributed by atoms with Crippen molar-refractivity contribution in [2.75, 3.05) is 12.3 Å². The molecule has 1 atom stereocenters. The summed E-state index contributed by atoms with van der Waals surface area (Å²) in [6.45, 7) is 6.47. The molecule has 86 valence electrons. The lowest BCUT2D eigenvalue weighted by Crippen LogP contribution is -2.04. The minimum atomic E-state index is -0.479. The van der Waals surface area contributed by atoms with Crippen LogP contribution in [0.2, 0.25) is 0 Å². The summed E-state index contributed by atoms with van der Waals surface area (Å²) in [5.74, 6) is -0.479. The van der Waals surface area contributed by atoms with Crippen LogP contribution in [0.3, 0.4) is 0 Å². The zero-order valence-corrected chi connectivity index (χ0v) is 11.0. The summed E-state index contributed by atoms with van der Waals surface area (Å²) in [5, 5.41) is 0. The molecule has 1 unspecified atom stereocenters. The maximum Gasteiger partial charge on any atom is 0.119 e. The topological polar surface area (TPSA) is 0 Å². The minimum Gasteiger partial charge on any atom is -0.243 e. The van der Waals surface area contributed by atoms with E-state index in [9.17, 15) is 4.39 Å². The highest BCUT2D eigenvalue weighted by Crippen LogP contribution is 2.45. The summed E-state index contributed by atoms with van der Waals surface area (Å²) < 4.78 is 13.7. The van der Waals surface area contributed by atoms with Crippen LogP contribution in [-0.2, 0) is 0 Å². The predicted octanol–water partition coefficient (Wildman–Crippen LogP) is 5.16. The van der Waals surface area contributed by atoms with Gasteiger partial charge in [-0.1, -0.05) is 48.0 Å². The van der Waals surface area contributed by atoms with Crippen molar-refractivity contribution in [2.24, 2.45) is 0 Å². The van der Waals surface area contributed by atoms with E-state index in [0.29, 0.717) is 0 Å². The molecule has 0 aromatic carbocycles. The monoisotopic (exact) mass is 220 g/mol. The zero-order valence-electron chi connectivity index (χ0n) is 10.1. The molecule has 0 saturated carbocycles. The van der Waals surface area contributed by atoms with E-state index in [0.717, 1.165) is 25.2 Å². The van der Waals surface area contributed by atoms with Gasteiger partial charge in [-0.2, -0.15) is 0 Å². The summed E-state index contributed by atoms with van der Waals surface area (Å²) in [4.78, 5) is 0. The van der Waals surface area contributed by atoms with Crippen LogP contribution < -0.4 is 0 Å². The van der Waals surface area contributed by atoms with Crippen molar-refractivity contribution in [1.29, 1.82) is 0 Å². The summed E-state index contributed by atoms with van der Waals surface area (Å²) in [6.07, 6.45) is 8.98. The van der Waals surface area contributed by atoms with Gasteiger partial charge >= 0.3 is 0 Å². The first-order chi connectivity index (χ1) is 6.76. The largest absolute Gasteiger partial charge is 0.243 e. The highest BCUT2D eigenvalue weighted by molar-refractivity contribution is 7.58. The molecule has 0 nitrogen and oxygen atoms in total. The summed E-state index contributed by atoms with van der Waals surface area (Å²) in [7, 11) is -0.306. The van der Waals surface area contributed by atoms with Gasteiger partial charge in [-0.25, -0.2) is 4.39 Å². The average Bonchev–Trinajstić information content (AvgIpc) is 2.18. The van der Waals surface area contributed by atoms with Gasteiger partial charge in [-0.15, -0.1) is 0 Å². The standard InChI is InChI=1S/C12H26FP/c1-4-7-10-14(11-8-5-2)12(13)9-6-3/h12H,4-11H2,1-3H3. The number of halogens is 1. The molecule has 0 aliphatic rings. The van der Waals surface area contributed by atoms with E-state index in [4.69, 9.17) is 0 Å². The number of rotatable bonds is 9. The van der Waals surface area contributed by atoms with Crippen molar-refractivity contribution >= 4 is 7.92 Å². The maximum atomic E-state index is 13.7. The zero-order chi connectivity index (χ0) is 10.8. The Kier molecular flexibility index (Phi) is 10.2. The molecule has 0 amide bonds. The lowest BCUT2D eigenvalue weighted by atomic mass is 10.4. The third kappa shape index (κ3) is 6.76. The van der Waals surface area contributed by atoms with E-state index in [2.05, 4.69) is 20.8 Å². The Labute approximate surface area is 90.4 Å². The Morgan fingerprint density at radius 1 is 0.929 bits per heavy atom. The van der Waals surface area contributed by atoms with Gasteiger partial charge < -0.3 is 0 Å². The van der Waals surface area contributed by atoms with Crippen LogP contribution in [0.1, 0.15) is 59.3 Å². The van der Waals surface area contributed by atoms with Gasteiger partial charge in [0.25, 0.3) is 0 Å². The molecular formula is C12H26FP. The SMILES string of the molecule is CCCCP(CCCC)C(F)CCC. The molecule has 14 heavy (non-hydrogen) atoms. The van der Waals surface area contributed by atoms with E-state index in [1.54, 1.807) is 0 Å². The van der Waals surface area contributed by atoms with Gasteiger partial charge in [-0.05, 0) is 31.6 Å². The fraction of sp³-hybridized carbons (Fsp3) is 1.00. The smallest absolute Gasteiger partial charge is 0.119 e. The molecule has 0 aliphatic heterocycles. The van der Waals surface area contributed by atoms with Gasteiger partial charge in [-0.3, -0.25) is 0 Å². The number of hydrogen-bond acceptors (Lipinski definition) is 0. The quantitative estimate of drug-likeness (QED) is 0.470. The van der Waals surface area contributed by atoms with Crippen LogP contribution >= 0.6 is 7.92 Å². The normalized spacial score (nSPS) is 13.5. The van der Waals surface area contributed by atoms with Gasteiger partial charge in [0.2, 0.25) is 0 Å². The van der Waals surface area contributed by atoms with Gasteiger partial charge in [0.1, 0.15) is 5.91 Å². The van der Waals surface area contributed by atoms with Crippen LogP contribution in [0.5, 0.6) is 0 Å². The molecule has 2 heteroatoms. The van der Waals surface area contributed by atoms with Crippen molar-refractivity contribution in [2.45, 2.75) is 65.2 Å². The van der Waals surface area contributed by atoms with E-state index >= 15 is 0 Å². The van der Waals surface area contributed by atoms with Crippen molar-refractivity contribution in [1.82, 2.24) is 0 Å². The maximum absolute atomic E-state index is 13.7. The molecule has 0 heterocycles. The fourth-order valence-electron chi connectivity index (χ4n) is 1.54. The first-order valence-corrected chi connectivity index (χ1v) is 7.92. The number of hydrogen-bond donors (Lipinski definition) is 0. The summed E-state index contributed by atoms with van der Waals surface area (Å²) in [5.41, 5.74) is 0. The number of unbranched alkanes of at least 4 members (excludes halogenated alkanes) is 2. The van der Waals surface area contributed by atoms with Crippen molar-refractivity contribution in [3.63, 3.8) is 0 Å². The van der Waals surface area contributed by atoms with Gasteiger partial charge in [0, 0.05) is 0 Å². The van der Waals surface area contributed by atoms with Crippen molar-refractivity contribution in [3.8, 4) is 0 Å². The minimum absolute atomic E-state index is 0.306. The lowest BCUT2D eigenvalue weighted by Gasteiger charge is -2.21. The highest BCUT2D eigenvalue weighted by Gasteiger charge is 2.17. The molecule has 0 saturated heterocycles. The summed E-state index contributed by atoms with van der Waals surface area (Å²) in [6, 6.07) is 0. The third-order valence-electron chi connectivity index (χ3n) is 2.52. The lowest BCUT2D eigenvalue weighted by molar-refractivity contribution is 0.416. The van der Waals surface area contributed by atoms with Crippen LogP contribution in [0.25, 0.3) is 0 Å². The van der Waals surface area contributed by atoms with Crippen LogP contribution in [0.4, 0.5) is 4.39 Å². The molecule has 0 rings (SSSR count). The Morgan fingerprint density at radius 3 is 1.79 bits per heavy atom. The van der Waals surface area contributed by atoms with Crippen molar-refractivity contribution in [3.05, 3.63) is 0 Å². The third-order valence-corrected chi connectivity index (χ3v) is 5.35. The Bertz CT molecular complexity index is 109. The van der Waals surface area contributed by atoms with E-state index < -0.39 is 5.91 Å². The van der Waals surface area contributed by atoms with E-state index in [1.807, 2.05) is 0 Å². The highest BCUT2D eigenvalue weighted by atomic mass is 31.1. The molecule has 0 aliphatic carbocycles. The Balaban J connectivity index is 3.81. The molecule has 0 radical (unpaired) electrons. The molecule has 0 N–H and O–H groups in total. The second kappa shape index (κ2) is 9.90. The predicted molar refractivity (Wildman–Crippen MR) is 66.3 cm³/mol. The second-order valence-electron chi connectivity index (χ2n) is 3.97. The first kappa shape index (κ1) is 14.4. The Hall–Kier alpha value is 0.360. The van der Waals surface area contributed by atoms with Crippen LogP contribution in [0, 0.1) is 0 Å². The molecule has 0 bridgehead atoms. The first-order valence-electron chi connectivity index (χ1n) is 6.14. The summed E-state index contributed by atoms with van der Waals surface area (Å²) >= 11 is 0. The number of alkyl halides is 1. The molecule has 0 fully saturated rings.